The molecule has 1 atom stereocenters. The molecule has 97 valence electrons. The summed E-state index contributed by atoms with van der Waals surface area (Å²) in [5.41, 5.74) is 2.89. The zero-order valence-corrected chi connectivity index (χ0v) is 18.1. The molecule has 0 fully saturated rings. The molecule has 0 N–H and O–H groups in total. The fourth-order valence-electron chi connectivity index (χ4n) is 2.56. The van der Waals surface area contributed by atoms with E-state index in [9.17, 15) is 0 Å². The predicted octanol–water partition coefficient (Wildman–Crippen LogP) is 5.82. The van der Waals surface area contributed by atoms with Crippen LogP contribution < -0.4 is 3.87 Å². The monoisotopic (exact) mass is 621 g/mol. The Morgan fingerprint density at radius 1 is 0.789 bits per heavy atom. The Kier molecular flexibility index (Phi) is 4.24. The van der Waals surface area contributed by atoms with E-state index in [1.807, 2.05) is 0 Å². The Balaban J connectivity index is 2.15. The Bertz CT molecular complexity index is 641. The van der Waals surface area contributed by atoms with Gasteiger partial charge in [-0.2, -0.15) is 0 Å². The molecule has 1 aliphatic carbocycles. The number of halogens is 3. The van der Waals surface area contributed by atoms with Crippen molar-refractivity contribution in [2.45, 2.75) is 4.22 Å². The normalized spacial score (nSPS) is 19.7. The molecule has 0 aliphatic heterocycles. The van der Waals surface area contributed by atoms with Crippen LogP contribution in [0, 0.1) is 0 Å². The number of hydrogen-bond donors (Lipinski definition) is 0. The third-order valence-electron chi connectivity index (χ3n) is 3.58. The van der Waals surface area contributed by atoms with Gasteiger partial charge in [0.2, 0.25) is 0 Å². The zero-order valence-electron chi connectivity index (χ0n) is 10.1. The number of rotatable bonds is 2. The first kappa shape index (κ1) is 15.0. The van der Waals surface area contributed by atoms with E-state index < -0.39 is 4.06 Å². The standard InChI is InChI=1S/C9H7.C6H5.3HI.Ti/c1-2-5-9-7-3-6-8(9)4-1;1-2-4-6-5-3-1;;;;/h1-7H;1-5H;3*1H;/q;;;;;+3/p-3. The molecule has 4 heteroatoms. The summed E-state index contributed by atoms with van der Waals surface area (Å²) in [6.45, 7) is 0. The van der Waals surface area contributed by atoms with Crippen LogP contribution in [0.2, 0.25) is 0 Å². The molecule has 0 heterocycles. The number of benzene rings is 2. The van der Waals surface area contributed by atoms with Crippen molar-refractivity contribution in [3.63, 3.8) is 0 Å². The van der Waals surface area contributed by atoms with Crippen LogP contribution >= 0.6 is 57.6 Å². The van der Waals surface area contributed by atoms with Gasteiger partial charge >= 0.3 is 148 Å². The summed E-state index contributed by atoms with van der Waals surface area (Å²) in [7, 11) is 0. The summed E-state index contributed by atoms with van der Waals surface area (Å²) in [6.07, 6.45) is 4.71. The van der Waals surface area contributed by atoms with Gasteiger partial charge in [-0.3, -0.25) is 0 Å². The Morgan fingerprint density at radius 3 is 2.16 bits per heavy atom. The molecular weight excluding hydrogens is 609 g/mol. The molecule has 2 aromatic carbocycles. The molecule has 0 saturated carbocycles. The maximum atomic E-state index is 2.79. The summed E-state index contributed by atoms with van der Waals surface area (Å²) in [6, 6.07) is 19.9. The van der Waals surface area contributed by atoms with Gasteiger partial charge in [-0.05, 0) is 0 Å². The van der Waals surface area contributed by atoms with Crippen molar-refractivity contribution >= 4 is 67.5 Å². The quantitative estimate of drug-likeness (QED) is 0.293. The SMILES string of the molecule is [I][Ti]([I])([I])([c]1ccccc1)[CH]1C=Cc2ccccc21. The summed E-state index contributed by atoms with van der Waals surface area (Å²) in [5.74, 6) is 0. The van der Waals surface area contributed by atoms with Crippen LogP contribution in [0.1, 0.15) is 15.3 Å². The molecule has 0 amide bonds. The van der Waals surface area contributed by atoms with E-state index in [1.165, 1.54) is 15.0 Å². The van der Waals surface area contributed by atoms with E-state index >= 15 is 0 Å². The van der Waals surface area contributed by atoms with Gasteiger partial charge in [0, 0.05) is 0 Å². The van der Waals surface area contributed by atoms with Crippen molar-refractivity contribution in [1.82, 2.24) is 0 Å². The van der Waals surface area contributed by atoms with Crippen LogP contribution in [0.15, 0.2) is 60.7 Å². The molecular formula is C15H12I3Ti. The van der Waals surface area contributed by atoms with E-state index in [0.29, 0.717) is 4.22 Å². The second-order valence-electron chi connectivity index (χ2n) is 4.80. The van der Waals surface area contributed by atoms with Crippen LogP contribution in [0.25, 0.3) is 6.08 Å². The van der Waals surface area contributed by atoms with Gasteiger partial charge in [-0.1, -0.05) is 0 Å². The van der Waals surface area contributed by atoms with Crippen LogP contribution in [-0.2, 0) is 4.06 Å². The van der Waals surface area contributed by atoms with Gasteiger partial charge in [0.05, 0.1) is 0 Å². The molecule has 0 radical (unpaired) electrons. The van der Waals surface area contributed by atoms with Crippen molar-refractivity contribution in [3.8, 4) is 0 Å². The average Bonchev–Trinajstić information content (AvgIpc) is 2.84. The van der Waals surface area contributed by atoms with E-state index in [4.69, 9.17) is 0 Å². The van der Waals surface area contributed by atoms with E-state index in [2.05, 4.69) is 124 Å². The number of hydrogen-bond acceptors (Lipinski definition) is 0. The van der Waals surface area contributed by atoms with Crippen LogP contribution in [-0.4, -0.2) is 0 Å². The Hall–Kier alpha value is 1.08. The summed E-state index contributed by atoms with van der Waals surface area (Å²) < 4.78 is -0.728. The zero-order chi connectivity index (χ0) is 13.5. The van der Waals surface area contributed by atoms with Crippen molar-refractivity contribution in [2.75, 3.05) is 0 Å². The van der Waals surface area contributed by atoms with Gasteiger partial charge in [0.15, 0.2) is 0 Å². The van der Waals surface area contributed by atoms with Crippen LogP contribution in [0.5, 0.6) is 0 Å². The van der Waals surface area contributed by atoms with Gasteiger partial charge < -0.3 is 0 Å². The van der Waals surface area contributed by atoms with Crippen molar-refractivity contribution in [1.29, 1.82) is 0 Å². The molecule has 1 aliphatic rings. The molecule has 0 bridgehead atoms. The molecule has 0 spiro atoms. The Labute approximate surface area is 145 Å². The van der Waals surface area contributed by atoms with E-state index in [-0.39, 0.29) is 0 Å². The second-order valence-corrected chi connectivity index (χ2v) is 63.0. The third-order valence-corrected chi connectivity index (χ3v) is 24.0. The van der Waals surface area contributed by atoms with Crippen molar-refractivity contribution < 1.29 is 4.06 Å². The van der Waals surface area contributed by atoms with E-state index in [0.717, 1.165) is 0 Å². The Morgan fingerprint density at radius 2 is 1.42 bits per heavy atom. The average molecular weight is 621 g/mol. The summed E-state index contributed by atoms with van der Waals surface area (Å²) in [5, 5.41) is 0. The van der Waals surface area contributed by atoms with Gasteiger partial charge in [-0.25, -0.2) is 0 Å². The third kappa shape index (κ3) is 2.74. The van der Waals surface area contributed by atoms with Gasteiger partial charge in [-0.15, -0.1) is 0 Å². The number of allylic oxidation sites excluding steroid dienone is 1. The van der Waals surface area contributed by atoms with E-state index in [1.54, 1.807) is 0 Å². The number of fused-ring (bicyclic) bond motifs is 1. The first-order valence-electron chi connectivity index (χ1n) is 6.09. The van der Waals surface area contributed by atoms with Crippen LogP contribution in [0.3, 0.4) is 0 Å². The first-order chi connectivity index (χ1) is 8.97. The van der Waals surface area contributed by atoms with Crippen LogP contribution in [0.4, 0.5) is 0 Å². The minimum absolute atomic E-state index is 0.567. The molecule has 19 heavy (non-hydrogen) atoms. The first-order valence-corrected chi connectivity index (χ1v) is 22.9. The van der Waals surface area contributed by atoms with Gasteiger partial charge in [0.1, 0.15) is 0 Å². The molecule has 0 nitrogen and oxygen atoms in total. The molecule has 0 aromatic heterocycles. The summed E-state index contributed by atoms with van der Waals surface area (Å²) in [4.78, 5) is 0. The van der Waals surface area contributed by atoms with Crippen molar-refractivity contribution in [2.24, 2.45) is 0 Å². The topological polar surface area (TPSA) is 0 Å². The van der Waals surface area contributed by atoms with Crippen molar-refractivity contribution in [3.05, 3.63) is 71.8 Å². The van der Waals surface area contributed by atoms with Gasteiger partial charge in [0.25, 0.3) is 0 Å². The minimum atomic E-state index is -2.83. The summed E-state index contributed by atoms with van der Waals surface area (Å²) >= 11 is 8.37. The molecule has 2 aromatic rings. The maximum absolute atomic E-state index is 2.83. The molecule has 3 rings (SSSR count). The molecule has 1 unspecified atom stereocenters. The predicted molar refractivity (Wildman–Crippen MR) is 106 cm³/mol. The second kappa shape index (κ2) is 5.37. The fraction of sp³-hybridized carbons (Fsp3) is 0.0667. The fourth-order valence-corrected chi connectivity index (χ4v) is 17.3. The molecule has 0 saturated heterocycles.